The Morgan fingerprint density at radius 1 is 1.17 bits per heavy atom. The van der Waals surface area contributed by atoms with Gasteiger partial charge in [-0.1, -0.05) is 25.1 Å². The lowest BCUT2D eigenvalue weighted by Crippen LogP contribution is -2.35. The van der Waals surface area contributed by atoms with E-state index in [2.05, 4.69) is 15.8 Å². The second kappa shape index (κ2) is 6.82. The van der Waals surface area contributed by atoms with Crippen LogP contribution in [-0.4, -0.2) is 24.4 Å². The highest BCUT2D eigenvalue weighted by atomic mass is 16.6. The first-order chi connectivity index (χ1) is 11.5. The molecule has 24 heavy (non-hydrogen) atoms. The summed E-state index contributed by atoms with van der Waals surface area (Å²) < 4.78 is 16.1. The van der Waals surface area contributed by atoms with E-state index in [0.29, 0.717) is 30.5 Å². The summed E-state index contributed by atoms with van der Waals surface area (Å²) in [6.45, 7) is 6.94. The number of nitrogens with zero attached hydrogens (tertiary/aromatic N) is 1. The van der Waals surface area contributed by atoms with Crippen LogP contribution >= 0.6 is 0 Å². The van der Waals surface area contributed by atoms with Gasteiger partial charge in [-0.05, 0) is 30.5 Å². The third-order valence-electron chi connectivity index (χ3n) is 3.75. The first kappa shape index (κ1) is 16.2. The average Bonchev–Trinajstić information content (AvgIpc) is 2.96. The quantitative estimate of drug-likeness (QED) is 0.898. The lowest BCUT2D eigenvalue weighted by atomic mass is 9.95. The van der Waals surface area contributed by atoms with Gasteiger partial charge in [0.05, 0.1) is 6.04 Å². The molecule has 0 aliphatic carbocycles. The fraction of sp³-hybridized carbons (Fsp3) is 0.412. The Balaban J connectivity index is 1.73. The van der Waals surface area contributed by atoms with Gasteiger partial charge in [-0.2, -0.15) is 0 Å². The molecule has 0 bridgehead atoms. The van der Waals surface area contributed by atoms with E-state index in [1.807, 2.05) is 32.0 Å². The number of anilines is 1. The predicted octanol–water partition coefficient (Wildman–Crippen LogP) is 3.27. The summed E-state index contributed by atoms with van der Waals surface area (Å²) in [4.78, 5) is 12.2. The van der Waals surface area contributed by atoms with Gasteiger partial charge in [-0.3, -0.25) is 5.32 Å². The minimum Gasteiger partial charge on any atom is -0.486 e. The Bertz CT molecular complexity index is 726. The summed E-state index contributed by atoms with van der Waals surface area (Å²) in [6, 6.07) is 6.89. The molecule has 1 aliphatic rings. The molecule has 1 aromatic heterocycles. The zero-order valence-corrected chi connectivity index (χ0v) is 14.0. The summed E-state index contributed by atoms with van der Waals surface area (Å²) in [5.74, 6) is 2.65. The van der Waals surface area contributed by atoms with Gasteiger partial charge < -0.3 is 19.3 Å². The van der Waals surface area contributed by atoms with E-state index in [4.69, 9.17) is 14.0 Å². The van der Waals surface area contributed by atoms with Gasteiger partial charge in [0, 0.05) is 6.07 Å². The number of ether oxygens (including phenoxy) is 2. The molecule has 1 aliphatic heterocycles. The first-order valence-electron chi connectivity index (χ1n) is 7.93. The van der Waals surface area contributed by atoms with E-state index in [9.17, 15) is 4.79 Å². The molecule has 7 heteroatoms. The molecule has 128 valence electrons. The lowest BCUT2D eigenvalue weighted by Gasteiger charge is -2.25. The monoisotopic (exact) mass is 331 g/mol. The van der Waals surface area contributed by atoms with Gasteiger partial charge in [0.2, 0.25) is 0 Å². The van der Waals surface area contributed by atoms with Crippen LogP contribution in [0.4, 0.5) is 10.6 Å². The van der Waals surface area contributed by atoms with E-state index >= 15 is 0 Å². The van der Waals surface area contributed by atoms with Crippen LogP contribution < -0.4 is 20.1 Å². The van der Waals surface area contributed by atoms with Gasteiger partial charge in [-0.15, -0.1) is 0 Å². The fourth-order valence-corrected chi connectivity index (χ4v) is 2.61. The van der Waals surface area contributed by atoms with E-state index in [1.54, 1.807) is 13.0 Å². The largest absolute Gasteiger partial charge is 0.486 e. The summed E-state index contributed by atoms with van der Waals surface area (Å²) >= 11 is 0. The maximum atomic E-state index is 12.2. The van der Waals surface area contributed by atoms with Gasteiger partial charge in [-0.25, -0.2) is 4.79 Å². The van der Waals surface area contributed by atoms with E-state index in [-0.39, 0.29) is 18.0 Å². The van der Waals surface area contributed by atoms with Crippen LogP contribution in [-0.2, 0) is 0 Å². The number of aromatic nitrogens is 1. The summed E-state index contributed by atoms with van der Waals surface area (Å²) in [5, 5.41) is 9.39. The average molecular weight is 331 g/mol. The molecule has 0 saturated heterocycles. The van der Waals surface area contributed by atoms with Gasteiger partial charge in [0.25, 0.3) is 0 Å². The molecule has 0 saturated carbocycles. The van der Waals surface area contributed by atoms with E-state index in [0.717, 1.165) is 11.3 Å². The van der Waals surface area contributed by atoms with Crippen molar-refractivity contribution in [3.63, 3.8) is 0 Å². The summed E-state index contributed by atoms with van der Waals surface area (Å²) in [7, 11) is 0. The number of urea groups is 1. The van der Waals surface area contributed by atoms with Crippen molar-refractivity contribution in [2.45, 2.75) is 26.8 Å². The number of aryl methyl sites for hydroxylation is 1. The molecular formula is C17H21N3O4. The molecule has 2 N–H and O–H groups in total. The summed E-state index contributed by atoms with van der Waals surface area (Å²) in [5.41, 5.74) is 0.959. The highest BCUT2D eigenvalue weighted by molar-refractivity contribution is 5.88. The van der Waals surface area contributed by atoms with Crippen LogP contribution in [0.1, 0.15) is 31.2 Å². The zero-order chi connectivity index (χ0) is 17.1. The number of hydrogen-bond acceptors (Lipinski definition) is 5. The Morgan fingerprint density at radius 2 is 1.92 bits per heavy atom. The number of carbonyl (C=O) groups excluding carboxylic acids is 1. The van der Waals surface area contributed by atoms with E-state index < -0.39 is 0 Å². The van der Waals surface area contributed by atoms with Crippen molar-refractivity contribution in [2.75, 3.05) is 18.5 Å². The molecule has 0 fully saturated rings. The van der Waals surface area contributed by atoms with Crippen molar-refractivity contribution < 1.29 is 18.8 Å². The highest BCUT2D eigenvalue weighted by Crippen LogP contribution is 2.34. The van der Waals surface area contributed by atoms with E-state index in [1.165, 1.54) is 0 Å². The number of nitrogens with one attached hydrogen (secondary N) is 2. The Hall–Kier alpha value is -2.70. The fourth-order valence-electron chi connectivity index (χ4n) is 2.61. The molecule has 1 aromatic carbocycles. The molecule has 2 amide bonds. The number of amides is 2. The first-order valence-corrected chi connectivity index (χ1v) is 7.93. The summed E-state index contributed by atoms with van der Waals surface area (Å²) in [6.07, 6.45) is 0. The second-order valence-corrected chi connectivity index (χ2v) is 6.05. The van der Waals surface area contributed by atoms with Crippen LogP contribution in [0.5, 0.6) is 11.5 Å². The topological polar surface area (TPSA) is 85.6 Å². The molecule has 0 unspecified atom stereocenters. The third-order valence-corrected chi connectivity index (χ3v) is 3.75. The second-order valence-electron chi connectivity index (χ2n) is 6.05. The predicted molar refractivity (Wildman–Crippen MR) is 88.4 cm³/mol. The Kier molecular flexibility index (Phi) is 4.59. The van der Waals surface area contributed by atoms with Crippen molar-refractivity contribution in [3.8, 4) is 11.5 Å². The normalized spacial score (nSPS) is 14.3. The minimum absolute atomic E-state index is 0.172. The van der Waals surface area contributed by atoms with Crippen LogP contribution in [0.2, 0.25) is 0 Å². The maximum absolute atomic E-state index is 12.2. The van der Waals surface area contributed by atoms with Crippen LogP contribution in [0.15, 0.2) is 28.8 Å². The number of rotatable bonds is 4. The lowest BCUT2D eigenvalue weighted by molar-refractivity contribution is 0.171. The zero-order valence-electron chi connectivity index (χ0n) is 14.0. The molecule has 7 nitrogen and oxygen atoms in total. The number of benzene rings is 1. The molecule has 0 radical (unpaired) electrons. The molecular weight excluding hydrogens is 310 g/mol. The standard InChI is InChI=1S/C17H21N3O4/c1-10(2)16(19-17(21)18-15-8-11(3)24-20-15)12-4-5-13-14(9-12)23-7-6-22-13/h4-5,8-10,16H,6-7H2,1-3H3,(H2,18,19,20,21)/t16-/m0/s1. The molecule has 0 spiro atoms. The molecule has 1 atom stereocenters. The van der Waals surface area contributed by atoms with Gasteiger partial charge in [0.1, 0.15) is 19.0 Å². The smallest absolute Gasteiger partial charge is 0.320 e. The van der Waals surface area contributed by atoms with Crippen LogP contribution in [0, 0.1) is 12.8 Å². The number of carbonyl (C=O) groups is 1. The Morgan fingerprint density at radius 3 is 2.58 bits per heavy atom. The maximum Gasteiger partial charge on any atom is 0.320 e. The van der Waals surface area contributed by atoms with Gasteiger partial charge in [0.15, 0.2) is 17.3 Å². The van der Waals surface area contributed by atoms with Crippen LogP contribution in [0.25, 0.3) is 0 Å². The van der Waals surface area contributed by atoms with Crippen molar-refractivity contribution in [1.29, 1.82) is 0 Å². The minimum atomic E-state index is -0.336. The van der Waals surface area contributed by atoms with Crippen molar-refractivity contribution in [2.24, 2.45) is 5.92 Å². The number of hydrogen-bond donors (Lipinski definition) is 2. The van der Waals surface area contributed by atoms with Crippen LogP contribution in [0.3, 0.4) is 0 Å². The van der Waals surface area contributed by atoms with Crippen molar-refractivity contribution in [3.05, 3.63) is 35.6 Å². The van der Waals surface area contributed by atoms with Crippen molar-refractivity contribution >= 4 is 11.8 Å². The molecule has 2 aromatic rings. The highest BCUT2D eigenvalue weighted by Gasteiger charge is 2.21. The molecule has 2 heterocycles. The number of fused-ring (bicyclic) bond motifs is 1. The van der Waals surface area contributed by atoms with Crippen molar-refractivity contribution in [1.82, 2.24) is 10.5 Å². The van der Waals surface area contributed by atoms with Gasteiger partial charge >= 0.3 is 6.03 Å². The SMILES string of the molecule is Cc1cc(NC(=O)N[C@H](c2ccc3c(c2)OCCO3)C(C)C)no1. The molecule has 3 rings (SSSR count). The Labute approximate surface area is 140 Å². The third kappa shape index (κ3) is 3.61.